The molecule has 1 atom stereocenters. The lowest BCUT2D eigenvalue weighted by Gasteiger charge is -2.12. The Balaban J connectivity index is 2.52. The van der Waals surface area contributed by atoms with Crippen LogP contribution in [-0.4, -0.2) is 36.1 Å². The lowest BCUT2D eigenvalue weighted by atomic mass is 10.2. The lowest BCUT2D eigenvalue weighted by molar-refractivity contribution is -0.148. The maximum absolute atomic E-state index is 11.6. The van der Waals surface area contributed by atoms with Crippen LogP contribution < -0.4 is 5.32 Å². The van der Waals surface area contributed by atoms with Gasteiger partial charge in [0.15, 0.2) is 0 Å². The highest BCUT2D eigenvalue weighted by Crippen LogP contribution is 2.06. The largest absolute Gasteiger partial charge is 0.480 e. The third kappa shape index (κ3) is 4.54. The molecule has 1 amide bonds. The number of carbonyl (C=O) groups excluding carboxylic acids is 2. The Morgan fingerprint density at radius 2 is 2.22 bits per heavy atom. The van der Waals surface area contributed by atoms with E-state index in [1.807, 2.05) is 5.38 Å². The molecule has 0 bridgehead atoms. The molecule has 2 N–H and O–H groups in total. The molecule has 0 saturated carbocycles. The fraction of sp³-hybridized carbons (Fsp3) is 0.364. The number of nitrogens with one attached hydrogen (secondary N) is 1. The molecule has 1 aromatic heterocycles. The molecule has 0 radical (unpaired) electrons. The minimum Gasteiger partial charge on any atom is -0.480 e. The summed E-state index contributed by atoms with van der Waals surface area (Å²) in [4.78, 5) is 33.4. The number of esters is 1. The monoisotopic (exact) mass is 271 g/mol. The molecule has 7 heteroatoms. The number of hydrogen-bond acceptors (Lipinski definition) is 5. The van der Waals surface area contributed by atoms with Crippen LogP contribution in [0.25, 0.3) is 0 Å². The number of rotatable bonds is 6. The highest BCUT2D eigenvalue weighted by atomic mass is 32.1. The van der Waals surface area contributed by atoms with Gasteiger partial charge >= 0.3 is 11.9 Å². The predicted molar refractivity (Wildman–Crippen MR) is 64.2 cm³/mol. The highest BCUT2D eigenvalue weighted by Gasteiger charge is 2.23. The summed E-state index contributed by atoms with van der Waals surface area (Å²) < 4.78 is 4.37. The summed E-state index contributed by atoms with van der Waals surface area (Å²) in [6.45, 7) is 0. The molecular formula is C11H13NO5S. The van der Waals surface area contributed by atoms with Crippen LogP contribution in [0.4, 0.5) is 0 Å². The Bertz CT molecular complexity index is 429. The minimum absolute atomic E-state index is 0.0917. The maximum Gasteiger partial charge on any atom is 0.326 e. The molecule has 98 valence electrons. The number of amides is 1. The van der Waals surface area contributed by atoms with Gasteiger partial charge in [-0.15, -0.1) is 0 Å². The maximum atomic E-state index is 11.6. The average Bonchev–Trinajstić information content (AvgIpc) is 2.80. The first-order valence-electron chi connectivity index (χ1n) is 5.13. The van der Waals surface area contributed by atoms with Crippen LogP contribution in [0, 0.1) is 0 Å². The Morgan fingerprint density at radius 1 is 1.50 bits per heavy atom. The first kappa shape index (κ1) is 14.2. The van der Waals surface area contributed by atoms with E-state index in [1.165, 1.54) is 11.3 Å². The van der Waals surface area contributed by atoms with E-state index < -0.39 is 23.9 Å². The number of aliphatic carboxylic acids is 1. The molecule has 18 heavy (non-hydrogen) atoms. The van der Waals surface area contributed by atoms with Gasteiger partial charge in [0.25, 0.3) is 0 Å². The van der Waals surface area contributed by atoms with Gasteiger partial charge in [0, 0.05) is 0 Å². The summed E-state index contributed by atoms with van der Waals surface area (Å²) in [5.74, 6) is -2.39. The number of thiophene rings is 1. The van der Waals surface area contributed by atoms with Crippen LogP contribution in [0.1, 0.15) is 12.0 Å². The van der Waals surface area contributed by atoms with E-state index >= 15 is 0 Å². The van der Waals surface area contributed by atoms with Gasteiger partial charge in [-0.25, -0.2) is 4.79 Å². The molecule has 1 rings (SSSR count). The van der Waals surface area contributed by atoms with Crippen LogP contribution in [0.3, 0.4) is 0 Å². The summed E-state index contributed by atoms with van der Waals surface area (Å²) in [5, 5.41) is 14.8. The van der Waals surface area contributed by atoms with Gasteiger partial charge in [-0.05, 0) is 22.4 Å². The lowest BCUT2D eigenvalue weighted by Crippen LogP contribution is -2.43. The van der Waals surface area contributed by atoms with Gasteiger partial charge < -0.3 is 15.2 Å². The van der Waals surface area contributed by atoms with Crippen LogP contribution in [0.5, 0.6) is 0 Å². The first-order valence-corrected chi connectivity index (χ1v) is 6.07. The van der Waals surface area contributed by atoms with Gasteiger partial charge in [-0.3, -0.25) is 9.59 Å². The van der Waals surface area contributed by atoms with E-state index in [-0.39, 0.29) is 12.8 Å². The fourth-order valence-corrected chi connectivity index (χ4v) is 1.94. The van der Waals surface area contributed by atoms with Gasteiger partial charge in [-0.1, -0.05) is 0 Å². The number of carboxylic acids is 1. The molecule has 0 fully saturated rings. The number of hydrogen-bond donors (Lipinski definition) is 2. The zero-order valence-corrected chi connectivity index (χ0v) is 10.5. The smallest absolute Gasteiger partial charge is 0.326 e. The summed E-state index contributed by atoms with van der Waals surface area (Å²) in [6.07, 6.45) is -0.296. The number of carbonyl (C=O) groups is 3. The van der Waals surface area contributed by atoms with Crippen molar-refractivity contribution in [2.75, 3.05) is 7.11 Å². The molecule has 1 aromatic rings. The van der Waals surface area contributed by atoms with Crippen LogP contribution in [-0.2, 0) is 25.5 Å². The molecule has 0 aliphatic carbocycles. The van der Waals surface area contributed by atoms with Crippen molar-refractivity contribution in [1.82, 2.24) is 5.32 Å². The van der Waals surface area contributed by atoms with E-state index in [1.54, 1.807) is 11.4 Å². The zero-order chi connectivity index (χ0) is 13.5. The topological polar surface area (TPSA) is 92.7 Å². The van der Waals surface area contributed by atoms with Crippen LogP contribution in [0.15, 0.2) is 16.8 Å². The van der Waals surface area contributed by atoms with Gasteiger partial charge in [0.2, 0.25) is 5.91 Å². The SMILES string of the molecule is COC(=O)C[C@H](NC(=O)Cc1ccsc1)C(=O)O. The molecule has 0 aromatic carbocycles. The minimum atomic E-state index is -1.26. The number of methoxy groups -OCH3 is 1. The fourth-order valence-electron chi connectivity index (χ4n) is 1.27. The highest BCUT2D eigenvalue weighted by molar-refractivity contribution is 7.07. The van der Waals surface area contributed by atoms with Crippen molar-refractivity contribution < 1.29 is 24.2 Å². The van der Waals surface area contributed by atoms with Gasteiger partial charge in [0.05, 0.1) is 20.0 Å². The summed E-state index contributed by atoms with van der Waals surface area (Å²) in [6, 6.07) is 0.518. The molecule has 6 nitrogen and oxygen atoms in total. The van der Waals surface area contributed by atoms with E-state index in [2.05, 4.69) is 10.1 Å². The zero-order valence-electron chi connectivity index (χ0n) is 9.71. The Labute approximate surface area is 108 Å². The standard InChI is InChI=1S/C11H13NO5S/c1-17-10(14)5-8(11(15)16)12-9(13)4-7-2-3-18-6-7/h2-3,6,8H,4-5H2,1H3,(H,12,13)(H,15,16)/t8-/m0/s1. The van der Waals surface area contributed by atoms with Crippen LogP contribution in [0.2, 0.25) is 0 Å². The molecule has 0 unspecified atom stereocenters. The first-order chi connectivity index (χ1) is 8.52. The molecule has 0 aliphatic rings. The Kier molecular flexibility index (Phi) is 5.31. The second-order valence-electron chi connectivity index (χ2n) is 3.55. The van der Waals surface area contributed by atoms with Crippen LogP contribution >= 0.6 is 11.3 Å². The normalized spacial score (nSPS) is 11.6. The second kappa shape index (κ2) is 6.75. The van der Waals surface area contributed by atoms with Crippen molar-refractivity contribution in [2.24, 2.45) is 0 Å². The third-order valence-electron chi connectivity index (χ3n) is 2.18. The van der Waals surface area contributed by atoms with Crippen molar-refractivity contribution in [3.8, 4) is 0 Å². The van der Waals surface area contributed by atoms with E-state index in [0.29, 0.717) is 0 Å². The van der Waals surface area contributed by atoms with Gasteiger partial charge in [0.1, 0.15) is 6.04 Å². The molecule has 0 saturated heterocycles. The summed E-state index contributed by atoms with van der Waals surface area (Å²) >= 11 is 1.45. The van der Waals surface area contributed by atoms with Crippen molar-refractivity contribution >= 4 is 29.2 Å². The molecule has 1 heterocycles. The predicted octanol–water partition coefficient (Wildman–Crippen LogP) is 0.423. The van der Waals surface area contributed by atoms with E-state index in [9.17, 15) is 14.4 Å². The number of ether oxygens (including phenoxy) is 1. The van der Waals surface area contributed by atoms with E-state index in [4.69, 9.17) is 5.11 Å². The molecule has 0 spiro atoms. The van der Waals surface area contributed by atoms with Crippen molar-refractivity contribution in [3.05, 3.63) is 22.4 Å². The average molecular weight is 271 g/mol. The van der Waals surface area contributed by atoms with Crippen molar-refractivity contribution in [2.45, 2.75) is 18.9 Å². The molecular weight excluding hydrogens is 258 g/mol. The van der Waals surface area contributed by atoms with Crippen molar-refractivity contribution in [1.29, 1.82) is 0 Å². The van der Waals surface area contributed by atoms with Crippen molar-refractivity contribution in [3.63, 3.8) is 0 Å². The van der Waals surface area contributed by atoms with Gasteiger partial charge in [-0.2, -0.15) is 11.3 Å². The quantitative estimate of drug-likeness (QED) is 0.732. The Morgan fingerprint density at radius 3 is 2.72 bits per heavy atom. The number of carboxylic acid groups (broad SMARTS) is 1. The Hall–Kier alpha value is -1.89. The summed E-state index contributed by atoms with van der Waals surface area (Å²) in [7, 11) is 1.16. The second-order valence-corrected chi connectivity index (χ2v) is 4.33. The molecule has 0 aliphatic heterocycles. The summed E-state index contributed by atoms with van der Waals surface area (Å²) in [5.41, 5.74) is 0.805. The third-order valence-corrected chi connectivity index (χ3v) is 2.91. The van der Waals surface area contributed by atoms with E-state index in [0.717, 1.165) is 12.7 Å².